The number of nitrogens with two attached hydrogens (primary N) is 1. The lowest BCUT2D eigenvalue weighted by Crippen LogP contribution is -2.47. The zero-order chi connectivity index (χ0) is 12.3. The molecule has 17 heavy (non-hydrogen) atoms. The first-order chi connectivity index (χ1) is 8.14. The van der Waals surface area contributed by atoms with Crippen molar-refractivity contribution in [2.75, 3.05) is 6.61 Å². The van der Waals surface area contributed by atoms with Crippen LogP contribution in [0, 0.1) is 0 Å². The average Bonchev–Trinajstić information content (AvgIpc) is 2.68. The molecular formula is C13H21N3O. The molecule has 1 aliphatic heterocycles. The lowest BCUT2D eigenvalue weighted by atomic mass is 9.94. The standard InChI is InChI=1S/C13H21N3O/c1-10-13(2,4-6-17-10)16-9-11-3-5-15-12(7-11)8-14/h3,5,7,10,16H,4,6,8-9,14H2,1-2H3. The maximum Gasteiger partial charge on any atom is 0.0726 e. The van der Waals surface area contributed by atoms with Gasteiger partial charge in [0.1, 0.15) is 0 Å². The Labute approximate surface area is 103 Å². The fourth-order valence-electron chi connectivity index (χ4n) is 2.12. The highest BCUT2D eigenvalue weighted by Crippen LogP contribution is 2.25. The number of pyridine rings is 1. The van der Waals surface area contributed by atoms with Gasteiger partial charge in [0, 0.05) is 31.4 Å². The molecule has 1 aliphatic rings. The van der Waals surface area contributed by atoms with Gasteiger partial charge in [0.2, 0.25) is 0 Å². The zero-order valence-corrected chi connectivity index (χ0v) is 10.6. The highest BCUT2D eigenvalue weighted by Gasteiger charge is 2.36. The Hall–Kier alpha value is -0.970. The minimum atomic E-state index is 0.0755. The van der Waals surface area contributed by atoms with E-state index in [4.69, 9.17) is 10.5 Å². The van der Waals surface area contributed by atoms with Crippen LogP contribution in [0.2, 0.25) is 0 Å². The minimum Gasteiger partial charge on any atom is -0.377 e. The van der Waals surface area contributed by atoms with Crippen LogP contribution in [0.15, 0.2) is 18.3 Å². The summed E-state index contributed by atoms with van der Waals surface area (Å²) < 4.78 is 5.61. The predicted molar refractivity (Wildman–Crippen MR) is 67.4 cm³/mol. The molecule has 94 valence electrons. The van der Waals surface area contributed by atoms with E-state index < -0.39 is 0 Å². The molecule has 1 aromatic rings. The van der Waals surface area contributed by atoms with Crippen LogP contribution in [0.1, 0.15) is 31.5 Å². The summed E-state index contributed by atoms with van der Waals surface area (Å²) in [6, 6.07) is 4.08. The number of hydrogen-bond donors (Lipinski definition) is 2. The van der Waals surface area contributed by atoms with Gasteiger partial charge in [-0.2, -0.15) is 0 Å². The fraction of sp³-hybridized carbons (Fsp3) is 0.615. The molecule has 0 bridgehead atoms. The van der Waals surface area contributed by atoms with Crippen LogP contribution in [0.3, 0.4) is 0 Å². The second kappa shape index (κ2) is 5.12. The van der Waals surface area contributed by atoms with Crippen molar-refractivity contribution in [2.45, 2.75) is 45.0 Å². The lowest BCUT2D eigenvalue weighted by Gasteiger charge is -2.29. The normalized spacial score (nSPS) is 28.5. The predicted octanol–water partition coefficient (Wildman–Crippen LogP) is 1.20. The van der Waals surface area contributed by atoms with Crippen molar-refractivity contribution in [1.29, 1.82) is 0 Å². The SMILES string of the molecule is CC1OCCC1(C)NCc1ccnc(CN)c1. The summed E-state index contributed by atoms with van der Waals surface area (Å²) in [5.74, 6) is 0. The summed E-state index contributed by atoms with van der Waals surface area (Å²) in [6.07, 6.45) is 3.14. The maximum absolute atomic E-state index is 5.61. The van der Waals surface area contributed by atoms with E-state index in [1.165, 1.54) is 5.56 Å². The van der Waals surface area contributed by atoms with Gasteiger partial charge in [-0.1, -0.05) is 0 Å². The van der Waals surface area contributed by atoms with Gasteiger partial charge in [-0.25, -0.2) is 0 Å². The van der Waals surface area contributed by atoms with Gasteiger partial charge in [-0.15, -0.1) is 0 Å². The first kappa shape index (κ1) is 12.5. The third-order valence-electron chi connectivity index (χ3n) is 3.67. The summed E-state index contributed by atoms with van der Waals surface area (Å²) in [4.78, 5) is 4.19. The van der Waals surface area contributed by atoms with Gasteiger partial charge < -0.3 is 15.8 Å². The molecule has 1 fully saturated rings. The molecule has 1 saturated heterocycles. The van der Waals surface area contributed by atoms with E-state index in [1.807, 2.05) is 12.3 Å². The first-order valence-corrected chi connectivity index (χ1v) is 6.14. The Bertz CT molecular complexity index is 383. The van der Waals surface area contributed by atoms with Gasteiger partial charge in [0.25, 0.3) is 0 Å². The molecule has 0 aromatic carbocycles. The van der Waals surface area contributed by atoms with Crippen LogP contribution < -0.4 is 11.1 Å². The highest BCUT2D eigenvalue weighted by molar-refractivity contribution is 5.16. The Kier molecular flexibility index (Phi) is 3.76. The monoisotopic (exact) mass is 235 g/mol. The van der Waals surface area contributed by atoms with Crippen LogP contribution in [0.25, 0.3) is 0 Å². The maximum atomic E-state index is 5.61. The summed E-state index contributed by atoms with van der Waals surface area (Å²) in [6.45, 7) is 6.51. The van der Waals surface area contributed by atoms with Crippen molar-refractivity contribution in [3.63, 3.8) is 0 Å². The highest BCUT2D eigenvalue weighted by atomic mass is 16.5. The minimum absolute atomic E-state index is 0.0755. The molecule has 1 aromatic heterocycles. The molecule has 2 atom stereocenters. The van der Waals surface area contributed by atoms with E-state index in [-0.39, 0.29) is 11.6 Å². The van der Waals surface area contributed by atoms with E-state index in [0.29, 0.717) is 6.54 Å². The molecule has 0 radical (unpaired) electrons. The van der Waals surface area contributed by atoms with Gasteiger partial charge in [-0.3, -0.25) is 4.98 Å². The van der Waals surface area contributed by atoms with Gasteiger partial charge in [0.15, 0.2) is 0 Å². The third kappa shape index (κ3) is 2.83. The molecule has 2 unspecified atom stereocenters. The molecule has 2 rings (SSSR count). The summed E-state index contributed by atoms with van der Waals surface area (Å²) in [7, 11) is 0. The van der Waals surface area contributed by atoms with Gasteiger partial charge in [-0.05, 0) is 38.0 Å². The molecule has 4 nitrogen and oxygen atoms in total. The van der Waals surface area contributed by atoms with Crippen molar-refractivity contribution >= 4 is 0 Å². The summed E-state index contributed by atoms with van der Waals surface area (Å²) in [5.41, 5.74) is 7.82. The average molecular weight is 235 g/mol. The molecule has 0 spiro atoms. The number of nitrogens with one attached hydrogen (secondary N) is 1. The van der Waals surface area contributed by atoms with Crippen LogP contribution in [-0.2, 0) is 17.8 Å². The molecule has 2 heterocycles. The lowest BCUT2D eigenvalue weighted by molar-refractivity contribution is 0.0881. The summed E-state index contributed by atoms with van der Waals surface area (Å²) in [5, 5.41) is 3.58. The smallest absolute Gasteiger partial charge is 0.0726 e. The number of ether oxygens (including phenoxy) is 1. The largest absolute Gasteiger partial charge is 0.377 e. The zero-order valence-electron chi connectivity index (χ0n) is 10.6. The second-order valence-corrected chi connectivity index (χ2v) is 4.89. The number of rotatable bonds is 4. The second-order valence-electron chi connectivity index (χ2n) is 4.89. The van der Waals surface area contributed by atoms with E-state index in [9.17, 15) is 0 Å². The first-order valence-electron chi connectivity index (χ1n) is 6.14. The van der Waals surface area contributed by atoms with Gasteiger partial charge in [0.05, 0.1) is 11.8 Å². The van der Waals surface area contributed by atoms with Crippen molar-refractivity contribution in [3.05, 3.63) is 29.6 Å². The van der Waals surface area contributed by atoms with E-state index in [0.717, 1.165) is 25.3 Å². The van der Waals surface area contributed by atoms with Crippen molar-refractivity contribution in [2.24, 2.45) is 5.73 Å². The Morgan fingerprint density at radius 3 is 3.12 bits per heavy atom. The van der Waals surface area contributed by atoms with Crippen molar-refractivity contribution in [1.82, 2.24) is 10.3 Å². The van der Waals surface area contributed by atoms with E-state index in [1.54, 1.807) is 0 Å². The number of hydrogen-bond acceptors (Lipinski definition) is 4. The van der Waals surface area contributed by atoms with Crippen LogP contribution >= 0.6 is 0 Å². The molecule has 4 heteroatoms. The van der Waals surface area contributed by atoms with E-state index >= 15 is 0 Å². The van der Waals surface area contributed by atoms with Gasteiger partial charge >= 0.3 is 0 Å². The molecule has 3 N–H and O–H groups in total. The quantitative estimate of drug-likeness (QED) is 0.823. The Balaban J connectivity index is 1.97. The van der Waals surface area contributed by atoms with E-state index in [2.05, 4.69) is 30.2 Å². The third-order valence-corrected chi connectivity index (χ3v) is 3.67. The fourth-order valence-corrected chi connectivity index (χ4v) is 2.12. The Morgan fingerprint density at radius 2 is 2.47 bits per heavy atom. The molecule has 0 saturated carbocycles. The number of aromatic nitrogens is 1. The van der Waals surface area contributed by atoms with Crippen LogP contribution in [-0.4, -0.2) is 23.2 Å². The topological polar surface area (TPSA) is 60.2 Å². The molecule has 0 amide bonds. The van der Waals surface area contributed by atoms with Crippen LogP contribution in [0.4, 0.5) is 0 Å². The van der Waals surface area contributed by atoms with Crippen molar-refractivity contribution < 1.29 is 4.74 Å². The molecule has 0 aliphatic carbocycles. The molecular weight excluding hydrogens is 214 g/mol. The van der Waals surface area contributed by atoms with Crippen LogP contribution in [0.5, 0.6) is 0 Å². The Morgan fingerprint density at radius 1 is 1.65 bits per heavy atom. The summed E-state index contributed by atoms with van der Waals surface area (Å²) >= 11 is 0. The van der Waals surface area contributed by atoms with Crippen molar-refractivity contribution in [3.8, 4) is 0 Å². The number of nitrogens with zero attached hydrogens (tertiary/aromatic N) is 1.